The van der Waals surface area contributed by atoms with E-state index in [4.69, 9.17) is 10.5 Å². The molecule has 0 aromatic carbocycles. The van der Waals surface area contributed by atoms with Crippen molar-refractivity contribution in [3.05, 3.63) is 68.4 Å². The number of anilines is 1. The van der Waals surface area contributed by atoms with Crippen LogP contribution >= 0.6 is 23.7 Å². The Hall–Kier alpha value is -3.46. The van der Waals surface area contributed by atoms with Crippen LogP contribution in [-0.4, -0.2) is 38.4 Å². The molecule has 4 rings (SSSR count). The Bertz CT molecular complexity index is 1290. The molecule has 0 fully saturated rings. The van der Waals surface area contributed by atoms with Crippen LogP contribution in [0.1, 0.15) is 15.3 Å². The molecular weight excluding hydrogens is 459 g/mol. The molecule has 32 heavy (non-hydrogen) atoms. The molecule has 0 saturated heterocycles. The van der Waals surface area contributed by atoms with E-state index < -0.39 is 0 Å². The number of amides is 1. The van der Waals surface area contributed by atoms with E-state index in [1.165, 1.54) is 22.2 Å². The summed E-state index contributed by atoms with van der Waals surface area (Å²) >= 11 is 1.44. The van der Waals surface area contributed by atoms with Crippen molar-refractivity contribution >= 4 is 35.3 Å². The zero-order valence-corrected chi connectivity index (χ0v) is 18.2. The molecule has 1 aliphatic heterocycles. The van der Waals surface area contributed by atoms with Gasteiger partial charge in [-0.05, 0) is 23.8 Å². The van der Waals surface area contributed by atoms with E-state index in [1.807, 2.05) is 12.1 Å². The number of fused-ring (bicyclic) bond motifs is 1. The number of halogens is 2. The van der Waals surface area contributed by atoms with Gasteiger partial charge >= 0.3 is 5.69 Å². The van der Waals surface area contributed by atoms with Crippen molar-refractivity contribution in [2.75, 3.05) is 18.5 Å². The van der Waals surface area contributed by atoms with Crippen molar-refractivity contribution in [1.82, 2.24) is 19.3 Å². The van der Waals surface area contributed by atoms with Crippen molar-refractivity contribution < 1.29 is 13.9 Å². The van der Waals surface area contributed by atoms with Crippen molar-refractivity contribution in [3.8, 4) is 17.7 Å². The maximum absolute atomic E-state index is 12.7. The lowest BCUT2D eigenvalue weighted by atomic mass is 10.2. The summed E-state index contributed by atoms with van der Waals surface area (Å²) in [4.78, 5) is 29.7. The second kappa shape index (κ2) is 10.2. The summed E-state index contributed by atoms with van der Waals surface area (Å²) in [5.74, 6) is 6.19. The third-order valence-electron chi connectivity index (χ3n) is 4.35. The summed E-state index contributed by atoms with van der Waals surface area (Å²) < 4.78 is 20.5. The van der Waals surface area contributed by atoms with Crippen LogP contribution in [0.15, 0.2) is 47.4 Å². The Balaban J connectivity index is 0.00000289. The number of hydrogen-bond acceptors (Lipinski definition) is 7. The van der Waals surface area contributed by atoms with E-state index in [9.17, 15) is 14.0 Å². The monoisotopic (exact) mass is 476 g/mol. The number of nitrogens with one attached hydrogen (secondary N) is 1. The third-order valence-corrected chi connectivity index (χ3v) is 5.33. The largest absolute Gasteiger partial charge is 0.466 e. The number of nitrogens with two attached hydrogens (primary N) is 1. The summed E-state index contributed by atoms with van der Waals surface area (Å²) in [5, 5.41) is 6.70. The Morgan fingerprint density at radius 3 is 3.00 bits per heavy atom. The molecule has 0 spiro atoms. The summed E-state index contributed by atoms with van der Waals surface area (Å²) in [5.41, 5.74) is 6.48. The van der Waals surface area contributed by atoms with Gasteiger partial charge < -0.3 is 15.8 Å². The van der Waals surface area contributed by atoms with Crippen molar-refractivity contribution in [3.63, 3.8) is 0 Å². The minimum atomic E-state index is -0.349. The van der Waals surface area contributed by atoms with Gasteiger partial charge in [0.2, 0.25) is 5.88 Å². The summed E-state index contributed by atoms with van der Waals surface area (Å²) in [7, 11) is 0. The minimum Gasteiger partial charge on any atom is -0.466 e. The standard InChI is InChI=1S/C20H17FN6O3S.ClH/c21-6-14(7-22)9-27-20(29)26(12-24-27)10-16-4-3-15(31-16)2-1-13-5-17-19(23-8-13)30-11-18(28)25-17;/h3-6,8,12H,7,9-11,22H2,(H,25,28);1H/b14-6+;. The normalized spacial score (nSPS) is 12.7. The number of thiophene rings is 1. The van der Waals surface area contributed by atoms with Gasteiger partial charge in [-0.25, -0.2) is 18.9 Å². The van der Waals surface area contributed by atoms with Gasteiger partial charge in [0.25, 0.3) is 5.91 Å². The molecule has 1 aliphatic rings. The van der Waals surface area contributed by atoms with Crippen molar-refractivity contribution in [2.24, 2.45) is 5.73 Å². The van der Waals surface area contributed by atoms with Crippen LogP contribution in [0.3, 0.4) is 0 Å². The third kappa shape index (κ3) is 5.23. The molecule has 3 aromatic heterocycles. The highest BCUT2D eigenvalue weighted by Gasteiger charge is 2.17. The number of ether oxygens (including phenoxy) is 1. The van der Waals surface area contributed by atoms with Crippen molar-refractivity contribution in [1.29, 1.82) is 0 Å². The van der Waals surface area contributed by atoms with Crippen LogP contribution in [0.25, 0.3) is 0 Å². The maximum Gasteiger partial charge on any atom is 0.346 e. The molecule has 0 aliphatic carbocycles. The van der Waals surface area contributed by atoms with E-state index in [0.29, 0.717) is 30.0 Å². The number of rotatable bonds is 5. The van der Waals surface area contributed by atoms with E-state index in [-0.39, 0.29) is 49.3 Å². The summed E-state index contributed by atoms with van der Waals surface area (Å²) in [6, 6.07) is 5.44. The van der Waals surface area contributed by atoms with Crippen LogP contribution in [0.5, 0.6) is 5.88 Å². The van der Waals surface area contributed by atoms with Crippen LogP contribution in [0.4, 0.5) is 10.1 Å². The predicted molar refractivity (Wildman–Crippen MR) is 120 cm³/mol. The van der Waals surface area contributed by atoms with E-state index >= 15 is 0 Å². The van der Waals surface area contributed by atoms with Crippen LogP contribution in [0, 0.1) is 11.8 Å². The first kappa shape index (κ1) is 23.2. The number of pyridine rings is 1. The number of aromatic nitrogens is 4. The molecule has 12 heteroatoms. The maximum atomic E-state index is 12.7. The lowest BCUT2D eigenvalue weighted by Gasteiger charge is -2.16. The minimum absolute atomic E-state index is 0. The first-order valence-electron chi connectivity index (χ1n) is 9.19. The van der Waals surface area contributed by atoms with E-state index in [1.54, 1.807) is 12.3 Å². The zero-order chi connectivity index (χ0) is 21.8. The molecule has 0 unspecified atom stereocenters. The molecule has 0 radical (unpaired) electrons. The molecule has 3 N–H and O–H groups in total. The fourth-order valence-corrected chi connectivity index (χ4v) is 3.66. The quantitative estimate of drug-likeness (QED) is 0.539. The first-order chi connectivity index (χ1) is 15.1. The number of hydrogen-bond donors (Lipinski definition) is 2. The predicted octanol–water partition coefficient (Wildman–Crippen LogP) is 1.51. The SMILES string of the molecule is Cl.NC/C(=C\F)Cn1ncn(Cc2ccc(C#Cc3cnc4c(c3)NC(=O)CO4)s2)c1=O. The van der Waals surface area contributed by atoms with Gasteiger partial charge in [0, 0.05) is 23.2 Å². The first-order valence-corrected chi connectivity index (χ1v) is 10.0. The molecule has 3 aromatic rings. The molecule has 9 nitrogen and oxygen atoms in total. The van der Waals surface area contributed by atoms with Gasteiger partial charge in [0.15, 0.2) is 6.61 Å². The fraction of sp³-hybridized carbons (Fsp3) is 0.200. The Morgan fingerprint density at radius 2 is 2.22 bits per heavy atom. The second-order valence-electron chi connectivity index (χ2n) is 6.60. The van der Waals surface area contributed by atoms with E-state index in [0.717, 1.165) is 14.4 Å². The summed E-state index contributed by atoms with van der Waals surface area (Å²) in [6.45, 7) is 0.306. The molecule has 166 valence electrons. The molecule has 0 atom stereocenters. The van der Waals surface area contributed by atoms with Crippen molar-refractivity contribution in [2.45, 2.75) is 13.1 Å². The van der Waals surface area contributed by atoms with E-state index in [2.05, 4.69) is 27.2 Å². The van der Waals surface area contributed by atoms with Gasteiger partial charge in [-0.15, -0.1) is 23.7 Å². The smallest absolute Gasteiger partial charge is 0.346 e. The molecular formula is C20H18ClFN6O3S. The van der Waals surface area contributed by atoms with Gasteiger partial charge in [0.05, 0.1) is 24.3 Å². The highest BCUT2D eigenvalue weighted by molar-refractivity contribution is 7.12. The fourth-order valence-electron chi connectivity index (χ4n) is 2.80. The van der Waals surface area contributed by atoms with Crippen LogP contribution in [0.2, 0.25) is 0 Å². The zero-order valence-electron chi connectivity index (χ0n) is 16.6. The van der Waals surface area contributed by atoms with Gasteiger partial charge in [-0.2, -0.15) is 5.10 Å². The Labute approximate surface area is 192 Å². The van der Waals surface area contributed by atoms with Gasteiger partial charge in [0.1, 0.15) is 12.0 Å². The lowest BCUT2D eigenvalue weighted by molar-refractivity contribution is -0.118. The van der Waals surface area contributed by atoms with Gasteiger partial charge in [-0.1, -0.05) is 11.8 Å². The highest BCUT2D eigenvalue weighted by Crippen LogP contribution is 2.25. The number of carbonyl (C=O) groups is 1. The van der Waals surface area contributed by atoms with Crippen LogP contribution in [-0.2, 0) is 17.9 Å². The Kier molecular flexibility index (Phi) is 7.42. The number of nitrogens with zero attached hydrogens (tertiary/aromatic N) is 4. The average Bonchev–Trinajstić information content (AvgIpc) is 3.37. The van der Waals surface area contributed by atoms with Gasteiger partial charge in [-0.3, -0.25) is 9.36 Å². The van der Waals surface area contributed by atoms with Crippen LogP contribution < -0.4 is 21.5 Å². The summed E-state index contributed by atoms with van der Waals surface area (Å²) in [6.07, 6.45) is 3.39. The lowest BCUT2D eigenvalue weighted by Crippen LogP contribution is -2.26. The average molecular weight is 477 g/mol. The molecule has 1 amide bonds. The number of carbonyl (C=O) groups excluding carboxylic acids is 1. The highest BCUT2D eigenvalue weighted by atomic mass is 35.5. The molecule has 0 saturated carbocycles. The second-order valence-corrected chi connectivity index (χ2v) is 7.77. The molecule has 4 heterocycles. The topological polar surface area (TPSA) is 117 Å². The Morgan fingerprint density at radius 1 is 1.38 bits per heavy atom. The molecule has 0 bridgehead atoms.